The molecule has 0 amide bonds. The van der Waals surface area contributed by atoms with Gasteiger partial charge in [-0.15, -0.1) is 0 Å². The van der Waals surface area contributed by atoms with E-state index in [1.54, 1.807) is 7.11 Å². The Bertz CT molecular complexity index is 653. The highest BCUT2D eigenvalue weighted by atomic mass is 16.6. The SMILES string of the molecule is COc1ccc(CN(c2ncc([N+](=O)[O-])cn2)C2CC2)cc1. The van der Waals surface area contributed by atoms with Crippen LogP contribution in [-0.4, -0.2) is 28.0 Å². The van der Waals surface area contributed by atoms with Crippen molar-refractivity contribution < 1.29 is 9.66 Å². The van der Waals surface area contributed by atoms with Crippen LogP contribution in [0.15, 0.2) is 36.7 Å². The number of hydrogen-bond donors (Lipinski definition) is 0. The molecule has 0 radical (unpaired) electrons. The van der Waals surface area contributed by atoms with Gasteiger partial charge in [-0.3, -0.25) is 10.1 Å². The van der Waals surface area contributed by atoms with E-state index in [-0.39, 0.29) is 5.69 Å². The molecule has 0 aliphatic heterocycles. The van der Waals surface area contributed by atoms with E-state index in [0.29, 0.717) is 18.5 Å². The zero-order valence-electron chi connectivity index (χ0n) is 12.2. The van der Waals surface area contributed by atoms with Gasteiger partial charge in [0.25, 0.3) is 0 Å². The van der Waals surface area contributed by atoms with Crippen LogP contribution in [0.1, 0.15) is 18.4 Å². The van der Waals surface area contributed by atoms with E-state index in [2.05, 4.69) is 14.9 Å². The molecule has 7 nitrogen and oxygen atoms in total. The highest BCUT2D eigenvalue weighted by Crippen LogP contribution is 2.31. The number of aromatic nitrogens is 2. The van der Waals surface area contributed by atoms with Crippen molar-refractivity contribution in [2.45, 2.75) is 25.4 Å². The highest BCUT2D eigenvalue weighted by Gasteiger charge is 2.31. The molecule has 1 aliphatic carbocycles. The number of ether oxygens (including phenoxy) is 1. The minimum atomic E-state index is -0.491. The molecule has 1 aliphatic rings. The number of rotatable bonds is 6. The van der Waals surface area contributed by atoms with Crippen LogP contribution in [0.3, 0.4) is 0 Å². The third-order valence-electron chi connectivity index (χ3n) is 3.59. The number of hydrogen-bond acceptors (Lipinski definition) is 6. The smallest absolute Gasteiger partial charge is 0.305 e. The summed E-state index contributed by atoms with van der Waals surface area (Å²) in [5.74, 6) is 1.34. The zero-order valence-corrected chi connectivity index (χ0v) is 12.2. The Labute approximate surface area is 127 Å². The predicted octanol–water partition coefficient (Wildman–Crippen LogP) is 2.56. The van der Waals surface area contributed by atoms with E-state index < -0.39 is 4.92 Å². The van der Waals surface area contributed by atoms with E-state index in [1.165, 1.54) is 12.4 Å². The summed E-state index contributed by atoms with van der Waals surface area (Å²) in [6, 6.07) is 8.23. The van der Waals surface area contributed by atoms with Crippen LogP contribution in [0.4, 0.5) is 11.6 Å². The number of nitro groups is 1. The molecule has 0 bridgehead atoms. The lowest BCUT2D eigenvalue weighted by Crippen LogP contribution is -2.27. The van der Waals surface area contributed by atoms with E-state index >= 15 is 0 Å². The summed E-state index contributed by atoms with van der Waals surface area (Å²) in [4.78, 5) is 20.6. The van der Waals surface area contributed by atoms with Gasteiger partial charge in [-0.1, -0.05) is 12.1 Å². The largest absolute Gasteiger partial charge is 0.497 e. The van der Waals surface area contributed by atoms with Crippen LogP contribution in [-0.2, 0) is 6.54 Å². The van der Waals surface area contributed by atoms with Crippen LogP contribution < -0.4 is 9.64 Å². The fourth-order valence-electron chi connectivity index (χ4n) is 2.23. The monoisotopic (exact) mass is 300 g/mol. The van der Waals surface area contributed by atoms with Crippen LogP contribution in [0, 0.1) is 10.1 Å². The zero-order chi connectivity index (χ0) is 15.5. The molecule has 1 fully saturated rings. The standard InChI is InChI=1S/C15H16N4O3/c1-22-14-6-2-11(3-7-14)10-18(12-4-5-12)15-16-8-13(9-17-15)19(20)21/h2-3,6-9,12H,4-5,10H2,1H3. The van der Waals surface area contributed by atoms with Crippen molar-refractivity contribution in [1.29, 1.82) is 0 Å². The van der Waals surface area contributed by atoms with Gasteiger partial charge in [0.05, 0.1) is 12.0 Å². The second-order valence-electron chi connectivity index (χ2n) is 5.21. The Kier molecular flexibility index (Phi) is 3.86. The molecule has 1 heterocycles. The van der Waals surface area contributed by atoms with Crippen molar-refractivity contribution in [2.75, 3.05) is 12.0 Å². The summed E-state index contributed by atoms with van der Waals surface area (Å²) < 4.78 is 5.15. The fraction of sp³-hybridized carbons (Fsp3) is 0.333. The molecule has 0 N–H and O–H groups in total. The Balaban J connectivity index is 1.78. The summed E-state index contributed by atoms with van der Waals surface area (Å²) in [6.07, 6.45) is 4.70. The Morgan fingerprint density at radius 3 is 2.41 bits per heavy atom. The van der Waals surface area contributed by atoms with Crippen molar-refractivity contribution in [2.24, 2.45) is 0 Å². The number of anilines is 1. The van der Waals surface area contributed by atoms with Gasteiger partial charge in [-0.25, -0.2) is 9.97 Å². The fourth-order valence-corrected chi connectivity index (χ4v) is 2.23. The molecule has 0 saturated heterocycles. The van der Waals surface area contributed by atoms with Crippen molar-refractivity contribution in [3.63, 3.8) is 0 Å². The van der Waals surface area contributed by atoms with E-state index in [0.717, 1.165) is 24.2 Å². The molecule has 3 rings (SSSR count). The van der Waals surface area contributed by atoms with Gasteiger partial charge >= 0.3 is 5.69 Å². The lowest BCUT2D eigenvalue weighted by molar-refractivity contribution is -0.385. The molecule has 1 aromatic carbocycles. The lowest BCUT2D eigenvalue weighted by Gasteiger charge is -2.22. The Morgan fingerprint density at radius 2 is 1.91 bits per heavy atom. The van der Waals surface area contributed by atoms with Crippen LogP contribution in [0.25, 0.3) is 0 Å². The molecule has 2 aromatic rings. The Hall–Kier alpha value is -2.70. The number of benzene rings is 1. The molecule has 114 valence electrons. The third kappa shape index (κ3) is 3.13. The molecule has 0 atom stereocenters. The summed E-state index contributed by atoms with van der Waals surface area (Å²) >= 11 is 0. The van der Waals surface area contributed by atoms with Crippen LogP contribution >= 0.6 is 0 Å². The Morgan fingerprint density at radius 1 is 1.27 bits per heavy atom. The molecule has 7 heteroatoms. The molecular formula is C15H16N4O3. The van der Waals surface area contributed by atoms with Gasteiger partial charge < -0.3 is 9.64 Å². The highest BCUT2D eigenvalue weighted by molar-refractivity contribution is 5.39. The average molecular weight is 300 g/mol. The minimum absolute atomic E-state index is 0.0936. The second-order valence-corrected chi connectivity index (χ2v) is 5.21. The minimum Gasteiger partial charge on any atom is -0.497 e. The second kappa shape index (κ2) is 5.97. The predicted molar refractivity (Wildman–Crippen MR) is 80.9 cm³/mol. The van der Waals surface area contributed by atoms with Gasteiger partial charge in [0, 0.05) is 12.6 Å². The van der Waals surface area contributed by atoms with Crippen molar-refractivity contribution in [3.8, 4) is 5.75 Å². The average Bonchev–Trinajstić information content (AvgIpc) is 3.38. The summed E-state index contributed by atoms with van der Waals surface area (Å²) in [5, 5.41) is 10.7. The molecule has 22 heavy (non-hydrogen) atoms. The van der Waals surface area contributed by atoms with Gasteiger partial charge in [0.1, 0.15) is 18.1 Å². The molecular weight excluding hydrogens is 284 g/mol. The number of nitrogens with zero attached hydrogens (tertiary/aromatic N) is 4. The first-order valence-electron chi connectivity index (χ1n) is 7.03. The van der Waals surface area contributed by atoms with Gasteiger partial charge in [0.15, 0.2) is 0 Å². The summed E-state index contributed by atoms with van der Waals surface area (Å²) in [5.41, 5.74) is 1.03. The van der Waals surface area contributed by atoms with Crippen molar-refractivity contribution in [3.05, 3.63) is 52.3 Å². The first-order chi connectivity index (χ1) is 10.7. The quantitative estimate of drug-likeness (QED) is 0.602. The summed E-state index contributed by atoms with van der Waals surface area (Å²) in [6.45, 7) is 0.673. The lowest BCUT2D eigenvalue weighted by atomic mass is 10.2. The maximum absolute atomic E-state index is 10.7. The maximum Gasteiger partial charge on any atom is 0.305 e. The van der Waals surface area contributed by atoms with Gasteiger partial charge in [-0.05, 0) is 30.5 Å². The molecule has 1 saturated carbocycles. The molecule has 0 unspecified atom stereocenters. The molecule has 0 spiro atoms. The third-order valence-corrected chi connectivity index (χ3v) is 3.59. The topological polar surface area (TPSA) is 81.4 Å². The van der Waals surface area contributed by atoms with Crippen LogP contribution in [0.5, 0.6) is 5.75 Å². The first kappa shape index (κ1) is 14.2. The maximum atomic E-state index is 10.7. The van der Waals surface area contributed by atoms with Crippen molar-refractivity contribution in [1.82, 2.24) is 9.97 Å². The van der Waals surface area contributed by atoms with E-state index in [1.807, 2.05) is 24.3 Å². The molecule has 1 aromatic heterocycles. The van der Waals surface area contributed by atoms with Gasteiger partial charge in [-0.2, -0.15) is 0 Å². The van der Waals surface area contributed by atoms with Gasteiger partial charge in [0.2, 0.25) is 5.95 Å². The van der Waals surface area contributed by atoms with Crippen molar-refractivity contribution >= 4 is 11.6 Å². The van der Waals surface area contributed by atoms with E-state index in [4.69, 9.17) is 4.74 Å². The van der Waals surface area contributed by atoms with E-state index in [9.17, 15) is 10.1 Å². The van der Waals surface area contributed by atoms with Crippen LogP contribution in [0.2, 0.25) is 0 Å². The summed E-state index contributed by atoms with van der Waals surface area (Å²) in [7, 11) is 1.64. The normalized spacial score (nSPS) is 13.7. The number of methoxy groups -OCH3 is 1. The first-order valence-corrected chi connectivity index (χ1v) is 7.03.